The molecule has 0 radical (unpaired) electrons. The Bertz CT molecular complexity index is 691. The van der Waals surface area contributed by atoms with Gasteiger partial charge in [0.05, 0.1) is 7.11 Å². The van der Waals surface area contributed by atoms with Gasteiger partial charge in [-0.05, 0) is 29.3 Å². The molecule has 0 aliphatic carbocycles. The van der Waals surface area contributed by atoms with Crippen LogP contribution in [0.5, 0.6) is 17.2 Å². The Kier molecular flexibility index (Phi) is 3.17. The van der Waals surface area contributed by atoms with Crippen molar-refractivity contribution in [2.45, 2.75) is 12.5 Å². The molecule has 21 heavy (non-hydrogen) atoms. The maximum atomic E-state index is 12.0. The average Bonchev–Trinajstić information content (AvgIpc) is 2.46. The fourth-order valence-corrected chi connectivity index (χ4v) is 2.50. The van der Waals surface area contributed by atoms with E-state index in [1.54, 1.807) is 19.2 Å². The Hall–Kier alpha value is -2.69. The van der Waals surface area contributed by atoms with Gasteiger partial charge >= 0.3 is 5.97 Å². The predicted molar refractivity (Wildman–Crippen MR) is 74.6 cm³/mol. The van der Waals surface area contributed by atoms with Crippen LogP contribution in [-0.4, -0.2) is 23.3 Å². The minimum Gasteiger partial charge on any atom is -0.508 e. The number of rotatable bonds is 2. The van der Waals surface area contributed by atoms with E-state index in [-0.39, 0.29) is 17.1 Å². The van der Waals surface area contributed by atoms with Gasteiger partial charge in [0, 0.05) is 12.5 Å². The maximum Gasteiger partial charge on any atom is 0.342 e. The predicted octanol–water partition coefficient (Wildman–Crippen LogP) is 2.56. The number of phenols is 2. The van der Waals surface area contributed by atoms with Crippen molar-refractivity contribution in [3.63, 3.8) is 0 Å². The van der Waals surface area contributed by atoms with Crippen molar-refractivity contribution in [1.82, 2.24) is 0 Å². The zero-order valence-electron chi connectivity index (χ0n) is 11.4. The van der Waals surface area contributed by atoms with Crippen molar-refractivity contribution >= 4 is 5.97 Å². The summed E-state index contributed by atoms with van der Waals surface area (Å²) in [4.78, 5) is 12.0. The molecule has 0 fully saturated rings. The number of methoxy groups -OCH3 is 1. The number of cyclic esters (lactones) is 1. The third-order valence-corrected chi connectivity index (χ3v) is 3.53. The molecule has 1 aliphatic rings. The second-order valence-corrected chi connectivity index (χ2v) is 4.87. The van der Waals surface area contributed by atoms with E-state index in [1.807, 2.05) is 12.1 Å². The highest BCUT2D eigenvalue weighted by Gasteiger charge is 2.30. The van der Waals surface area contributed by atoms with Gasteiger partial charge in [0.15, 0.2) is 0 Å². The fraction of sp³-hybridized carbons (Fsp3) is 0.188. The SMILES string of the molecule is COc1ccc([C@@H]2Cc3cc(O)cc(O)c3C(=O)O2)cc1. The van der Waals surface area contributed by atoms with Gasteiger partial charge in [-0.25, -0.2) is 4.79 Å². The smallest absolute Gasteiger partial charge is 0.342 e. The molecule has 0 saturated heterocycles. The first kappa shape index (κ1) is 13.3. The Labute approximate surface area is 121 Å². The molecule has 2 N–H and O–H groups in total. The van der Waals surface area contributed by atoms with E-state index in [1.165, 1.54) is 6.07 Å². The first-order valence-corrected chi connectivity index (χ1v) is 6.48. The highest BCUT2D eigenvalue weighted by atomic mass is 16.5. The summed E-state index contributed by atoms with van der Waals surface area (Å²) in [6.45, 7) is 0. The van der Waals surface area contributed by atoms with Crippen LogP contribution in [0.1, 0.15) is 27.6 Å². The summed E-state index contributed by atoms with van der Waals surface area (Å²) >= 11 is 0. The monoisotopic (exact) mass is 286 g/mol. The summed E-state index contributed by atoms with van der Waals surface area (Å²) in [7, 11) is 1.58. The van der Waals surface area contributed by atoms with Crippen LogP contribution in [0, 0.1) is 0 Å². The number of carbonyl (C=O) groups excluding carboxylic acids is 1. The number of benzene rings is 2. The lowest BCUT2D eigenvalue weighted by Gasteiger charge is -2.25. The van der Waals surface area contributed by atoms with Gasteiger partial charge in [0.25, 0.3) is 0 Å². The molecule has 2 aromatic carbocycles. The van der Waals surface area contributed by atoms with Gasteiger partial charge in [-0.3, -0.25) is 0 Å². The molecule has 5 heteroatoms. The molecule has 2 aromatic rings. The van der Waals surface area contributed by atoms with E-state index in [4.69, 9.17) is 9.47 Å². The maximum absolute atomic E-state index is 12.0. The molecule has 1 atom stereocenters. The lowest BCUT2D eigenvalue weighted by Crippen LogP contribution is -2.21. The molecule has 1 heterocycles. The molecule has 0 amide bonds. The van der Waals surface area contributed by atoms with Crippen molar-refractivity contribution in [2.75, 3.05) is 7.11 Å². The number of aromatic hydroxyl groups is 2. The van der Waals surface area contributed by atoms with Gasteiger partial charge in [0.2, 0.25) is 0 Å². The standard InChI is InChI=1S/C16H14O5/c1-20-12-4-2-9(3-5-12)14-7-10-6-11(17)8-13(18)15(10)16(19)21-14/h2-6,8,14,17-18H,7H2,1H3/t14-/m0/s1. The lowest BCUT2D eigenvalue weighted by atomic mass is 9.94. The molecule has 1 aliphatic heterocycles. The molecule has 0 saturated carbocycles. The van der Waals surface area contributed by atoms with Gasteiger partial charge < -0.3 is 19.7 Å². The molecule has 5 nitrogen and oxygen atoms in total. The fourth-order valence-electron chi connectivity index (χ4n) is 2.50. The highest BCUT2D eigenvalue weighted by Crippen LogP contribution is 2.37. The summed E-state index contributed by atoms with van der Waals surface area (Å²) in [5.74, 6) is -0.205. The number of phenolic OH excluding ortho intramolecular Hbond substituents is 2. The number of hydrogen-bond donors (Lipinski definition) is 2. The summed E-state index contributed by atoms with van der Waals surface area (Å²) in [6.07, 6.45) is -0.0489. The van der Waals surface area contributed by atoms with E-state index in [0.717, 1.165) is 17.4 Å². The van der Waals surface area contributed by atoms with Crippen LogP contribution in [0.4, 0.5) is 0 Å². The number of esters is 1. The highest BCUT2D eigenvalue weighted by molar-refractivity contribution is 5.95. The molecule has 0 bridgehead atoms. The summed E-state index contributed by atoms with van der Waals surface area (Å²) < 4.78 is 10.5. The van der Waals surface area contributed by atoms with Crippen molar-refractivity contribution in [2.24, 2.45) is 0 Å². The van der Waals surface area contributed by atoms with E-state index in [0.29, 0.717) is 12.0 Å². The number of ether oxygens (including phenoxy) is 2. The first-order chi connectivity index (χ1) is 10.1. The van der Waals surface area contributed by atoms with E-state index < -0.39 is 12.1 Å². The van der Waals surface area contributed by atoms with Crippen molar-refractivity contribution in [3.8, 4) is 17.2 Å². The molecular formula is C16H14O5. The Morgan fingerprint density at radius 3 is 2.57 bits per heavy atom. The van der Waals surface area contributed by atoms with Crippen LogP contribution in [0.2, 0.25) is 0 Å². The van der Waals surface area contributed by atoms with Crippen LogP contribution in [0.3, 0.4) is 0 Å². The summed E-state index contributed by atoms with van der Waals surface area (Å²) in [5, 5.41) is 19.3. The minimum atomic E-state index is -0.588. The molecule has 3 rings (SSSR count). The van der Waals surface area contributed by atoms with Crippen LogP contribution < -0.4 is 4.74 Å². The average molecular weight is 286 g/mol. The summed E-state index contributed by atoms with van der Waals surface area (Å²) in [6, 6.07) is 9.84. The van der Waals surface area contributed by atoms with E-state index in [2.05, 4.69) is 0 Å². The van der Waals surface area contributed by atoms with E-state index >= 15 is 0 Å². The molecule has 0 unspecified atom stereocenters. The third-order valence-electron chi connectivity index (χ3n) is 3.53. The van der Waals surface area contributed by atoms with Gasteiger partial charge in [-0.1, -0.05) is 12.1 Å². The van der Waals surface area contributed by atoms with Gasteiger partial charge in [-0.15, -0.1) is 0 Å². The minimum absolute atomic E-state index is 0.0746. The molecular weight excluding hydrogens is 272 g/mol. The zero-order chi connectivity index (χ0) is 15.0. The third kappa shape index (κ3) is 2.38. The Morgan fingerprint density at radius 1 is 1.19 bits per heavy atom. The second-order valence-electron chi connectivity index (χ2n) is 4.87. The number of carbonyl (C=O) groups is 1. The largest absolute Gasteiger partial charge is 0.508 e. The normalized spacial score (nSPS) is 17.0. The first-order valence-electron chi connectivity index (χ1n) is 6.48. The van der Waals surface area contributed by atoms with Gasteiger partial charge in [0.1, 0.15) is 28.9 Å². The molecule has 108 valence electrons. The number of hydrogen-bond acceptors (Lipinski definition) is 5. The molecule has 0 aromatic heterocycles. The van der Waals surface area contributed by atoms with Crippen molar-refractivity contribution in [1.29, 1.82) is 0 Å². The van der Waals surface area contributed by atoms with E-state index in [9.17, 15) is 15.0 Å². The van der Waals surface area contributed by atoms with Crippen molar-refractivity contribution in [3.05, 3.63) is 53.1 Å². The topological polar surface area (TPSA) is 76.0 Å². The molecule has 0 spiro atoms. The Balaban J connectivity index is 1.95. The van der Waals surface area contributed by atoms with Crippen molar-refractivity contribution < 1.29 is 24.5 Å². The second kappa shape index (κ2) is 5.01. The van der Waals surface area contributed by atoms with Gasteiger partial charge in [-0.2, -0.15) is 0 Å². The van der Waals surface area contributed by atoms with Crippen LogP contribution in [-0.2, 0) is 11.2 Å². The summed E-state index contributed by atoms with van der Waals surface area (Å²) in [5.41, 5.74) is 1.53. The Morgan fingerprint density at radius 2 is 1.90 bits per heavy atom. The number of fused-ring (bicyclic) bond motifs is 1. The quantitative estimate of drug-likeness (QED) is 0.830. The zero-order valence-corrected chi connectivity index (χ0v) is 11.4. The van der Waals surface area contributed by atoms with Crippen LogP contribution in [0.25, 0.3) is 0 Å². The lowest BCUT2D eigenvalue weighted by molar-refractivity contribution is 0.0248. The van der Waals surface area contributed by atoms with Crippen LogP contribution in [0.15, 0.2) is 36.4 Å². The van der Waals surface area contributed by atoms with Crippen LogP contribution >= 0.6 is 0 Å².